The highest BCUT2D eigenvalue weighted by atomic mass is 19.1. The molecular formula is C24H33FN2O4. The molecule has 0 spiro atoms. The molecule has 1 saturated carbocycles. The van der Waals surface area contributed by atoms with Crippen molar-refractivity contribution in [1.82, 2.24) is 5.32 Å². The molecule has 0 bridgehead atoms. The maximum Gasteiger partial charge on any atom is 0.306 e. The maximum absolute atomic E-state index is 15.2. The zero-order valence-corrected chi connectivity index (χ0v) is 19.3. The van der Waals surface area contributed by atoms with Crippen molar-refractivity contribution >= 4 is 23.5 Å². The van der Waals surface area contributed by atoms with Gasteiger partial charge >= 0.3 is 5.97 Å². The second-order valence-corrected chi connectivity index (χ2v) is 10.2. The molecule has 1 aromatic carbocycles. The van der Waals surface area contributed by atoms with E-state index >= 15 is 4.39 Å². The third kappa shape index (κ3) is 5.08. The Morgan fingerprint density at radius 2 is 1.94 bits per heavy atom. The van der Waals surface area contributed by atoms with Gasteiger partial charge in [0.25, 0.3) is 0 Å². The van der Waals surface area contributed by atoms with E-state index in [4.69, 9.17) is 4.74 Å². The van der Waals surface area contributed by atoms with E-state index in [2.05, 4.69) is 5.32 Å². The third-order valence-electron chi connectivity index (χ3n) is 5.77. The largest absolute Gasteiger partial charge is 0.460 e. The van der Waals surface area contributed by atoms with Crippen LogP contribution >= 0.6 is 0 Å². The zero-order chi connectivity index (χ0) is 23.1. The average molecular weight is 433 g/mol. The Labute approximate surface area is 183 Å². The van der Waals surface area contributed by atoms with Crippen molar-refractivity contribution in [1.29, 1.82) is 0 Å². The Balaban J connectivity index is 1.64. The molecule has 2 amide bonds. The monoisotopic (exact) mass is 432 g/mol. The Bertz CT molecular complexity index is 900. The van der Waals surface area contributed by atoms with Crippen molar-refractivity contribution in [3.63, 3.8) is 0 Å². The molecule has 170 valence electrons. The Hall–Kier alpha value is -2.44. The molecule has 1 aliphatic carbocycles. The number of carbonyl (C=O) groups excluding carboxylic acids is 3. The van der Waals surface area contributed by atoms with Crippen molar-refractivity contribution in [2.45, 2.75) is 90.2 Å². The van der Waals surface area contributed by atoms with E-state index in [-0.39, 0.29) is 48.5 Å². The fourth-order valence-electron chi connectivity index (χ4n) is 4.08. The summed E-state index contributed by atoms with van der Waals surface area (Å²) in [5.74, 6) is -1.03. The van der Waals surface area contributed by atoms with Crippen LogP contribution in [0.5, 0.6) is 0 Å². The number of ether oxygens (including phenoxy) is 1. The smallest absolute Gasteiger partial charge is 0.306 e. The van der Waals surface area contributed by atoms with Gasteiger partial charge in [0.15, 0.2) is 0 Å². The molecule has 1 N–H and O–H groups in total. The van der Waals surface area contributed by atoms with E-state index < -0.39 is 11.0 Å². The third-order valence-corrected chi connectivity index (χ3v) is 5.77. The molecule has 1 atom stereocenters. The van der Waals surface area contributed by atoms with Gasteiger partial charge in [-0.25, -0.2) is 4.39 Å². The standard InChI is InChI=1S/C24H33FN2O4/c1-14(7-12-19(29)31-23(2,3)4)26-18(28)13-27-17-11-10-16(15-8-9-15)21(25)20(17)24(5,6)22(27)30/h10-11,14-15H,7-9,12-13H2,1-6H3,(H,26,28)/t14-/m0/s1. The molecule has 3 rings (SSSR count). The summed E-state index contributed by atoms with van der Waals surface area (Å²) in [4.78, 5) is 38.9. The topological polar surface area (TPSA) is 75.7 Å². The minimum absolute atomic E-state index is 0.186. The summed E-state index contributed by atoms with van der Waals surface area (Å²) >= 11 is 0. The highest BCUT2D eigenvalue weighted by molar-refractivity contribution is 6.10. The summed E-state index contributed by atoms with van der Waals surface area (Å²) < 4.78 is 20.5. The Morgan fingerprint density at radius 3 is 2.52 bits per heavy atom. The quantitative estimate of drug-likeness (QED) is 0.662. The molecule has 7 heteroatoms. The number of benzene rings is 1. The number of anilines is 1. The van der Waals surface area contributed by atoms with Crippen LogP contribution in [0.1, 0.15) is 84.3 Å². The first-order chi connectivity index (χ1) is 14.3. The molecule has 1 aliphatic heterocycles. The van der Waals surface area contributed by atoms with E-state index in [1.807, 2.05) is 0 Å². The molecule has 31 heavy (non-hydrogen) atoms. The first-order valence-electron chi connectivity index (χ1n) is 11.0. The van der Waals surface area contributed by atoms with E-state index in [0.717, 1.165) is 12.8 Å². The summed E-state index contributed by atoms with van der Waals surface area (Å²) in [5, 5.41) is 2.82. The number of rotatable bonds is 7. The van der Waals surface area contributed by atoms with Crippen LogP contribution in [-0.4, -0.2) is 36.0 Å². The lowest BCUT2D eigenvalue weighted by molar-refractivity contribution is -0.155. The van der Waals surface area contributed by atoms with Crippen LogP contribution < -0.4 is 10.2 Å². The van der Waals surface area contributed by atoms with Crippen molar-refractivity contribution in [3.05, 3.63) is 29.1 Å². The minimum Gasteiger partial charge on any atom is -0.460 e. The van der Waals surface area contributed by atoms with Gasteiger partial charge in [0.1, 0.15) is 18.0 Å². The second kappa shape index (κ2) is 8.24. The normalized spacial score (nSPS) is 18.5. The molecule has 2 aliphatic rings. The zero-order valence-electron chi connectivity index (χ0n) is 19.3. The van der Waals surface area contributed by atoms with Gasteiger partial charge in [0.05, 0.1) is 11.1 Å². The molecule has 0 unspecified atom stereocenters. The van der Waals surface area contributed by atoms with Crippen LogP contribution in [0.4, 0.5) is 10.1 Å². The van der Waals surface area contributed by atoms with Gasteiger partial charge in [0.2, 0.25) is 11.8 Å². The predicted molar refractivity (Wildman–Crippen MR) is 116 cm³/mol. The number of nitrogens with one attached hydrogen (secondary N) is 1. The number of hydrogen-bond acceptors (Lipinski definition) is 4. The van der Waals surface area contributed by atoms with Crippen molar-refractivity contribution < 1.29 is 23.5 Å². The molecular weight excluding hydrogens is 399 g/mol. The average Bonchev–Trinajstić information content (AvgIpc) is 3.44. The fourth-order valence-corrected chi connectivity index (χ4v) is 4.08. The summed E-state index contributed by atoms with van der Waals surface area (Å²) in [6.07, 6.45) is 2.55. The highest BCUT2D eigenvalue weighted by Crippen LogP contribution is 2.48. The predicted octanol–water partition coefficient (Wildman–Crippen LogP) is 3.95. The summed E-state index contributed by atoms with van der Waals surface area (Å²) in [6, 6.07) is 3.24. The number of halogens is 1. The van der Waals surface area contributed by atoms with Gasteiger partial charge in [0, 0.05) is 18.0 Å². The number of amides is 2. The van der Waals surface area contributed by atoms with Crippen LogP contribution in [0.15, 0.2) is 12.1 Å². The second-order valence-electron chi connectivity index (χ2n) is 10.2. The summed E-state index contributed by atoms with van der Waals surface area (Å²) in [7, 11) is 0. The van der Waals surface area contributed by atoms with Crippen molar-refractivity contribution in [2.24, 2.45) is 0 Å². The van der Waals surface area contributed by atoms with Gasteiger partial charge in [-0.1, -0.05) is 6.07 Å². The van der Waals surface area contributed by atoms with Gasteiger partial charge in [-0.3, -0.25) is 14.4 Å². The lowest BCUT2D eigenvalue weighted by Crippen LogP contribution is -2.45. The Kier molecular flexibility index (Phi) is 6.18. The van der Waals surface area contributed by atoms with Crippen LogP contribution in [0.25, 0.3) is 0 Å². The molecule has 6 nitrogen and oxygen atoms in total. The number of nitrogens with zero attached hydrogens (tertiary/aromatic N) is 1. The lowest BCUT2D eigenvalue weighted by atomic mass is 9.84. The van der Waals surface area contributed by atoms with Crippen LogP contribution in [-0.2, 0) is 24.5 Å². The minimum atomic E-state index is -1.02. The van der Waals surface area contributed by atoms with Crippen LogP contribution in [0.2, 0.25) is 0 Å². The number of hydrogen-bond donors (Lipinski definition) is 1. The van der Waals surface area contributed by atoms with Gasteiger partial charge in [-0.05, 0) is 78.4 Å². The van der Waals surface area contributed by atoms with E-state index in [1.165, 1.54) is 4.90 Å². The maximum atomic E-state index is 15.2. The summed E-state index contributed by atoms with van der Waals surface area (Å²) in [6.45, 7) is 10.4. The number of fused-ring (bicyclic) bond motifs is 1. The molecule has 0 aromatic heterocycles. The van der Waals surface area contributed by atoms with Crippen molar-refractivity contribution in [3.8, 4) is 0 Å². The van der Waals surface area contributed by atoms with Crippen LogP contribution in [0, 0.1) is 5.82 Å². The first kappa shape index (κ1) is 23.2. The molecule has 1 aromatic rings. The van der Waals surface area contributed by atoms with Crippen LogP contribution in [0.3, 0.4) is 0 Å². The van der Waals surface area contributed by atoms with Crippen molar-refractivity contribution in [2.75, 3.05) is 11.4 Å². The SMILES string of the molecule is C[C@@H](CCC(=O)OC(C)(C)C)NC(=O)CN1C(=O)C(C)(C)c2c1ccc(C1CC1)c2F. The van der Waals surface area contributed by atoms with E-state index in [0.29, 0.717) is 23.2 Å². The molecule has 0 radical (unpaired) electrons. The number of carbonyl (C=O) groups is 3. The van der Waals surface area contributed by atoms with Gasteiger partial charge < -0.3 is 15.0 Å². The highest BCUT2D eigenvalue weighted by Gasteiger charge is 2.47. The Morgan fingerprint density at radius 1 is 1.29 bits per heavy atom. The molecule has 1 heterocycles. The van der Waals surface area contributed by atoms with E-state index in [9.17, 15) is 14.4 Å². The first-order valence-corrected chi connectivity index (χ1v) is 11.0. The van der Waals surface area contributed by atoms with Gasteiger partial charge in [-0.15, -0.1) is 0 Å². The van der Waals surface area contributed by atoms with Gasteiger partial charge in [-0.2, -0.15) is 0 Å². The van der Waals surface area contributed by atoms with E-state index in [1.54, 1.807) is 53.7 Å². The number of esters is 1. The molecule has 1 fully saturated rings. The lowest BCUT2D eigenvalue weighted by Gasteiger charge is -2.22. The summed E-state index contributed by atoms with van der Waals surface area (Å²) in [5.41, 5.74) is -0.0515. The molecule has 0 saturated heterocycles. The fraction of sp³-hybridized carbons (Fsp3) is 0.625.